The topological polar surface area (TPSA) is 133 Å². The van der Waals surface area contributed by atoms with Crippen LogP contribution in [0.3, 0.4) is 0 Å². The molecule has 2 heterocycles. The van der Waals surface area contributed by atoms with Gasteiger partial charge in [0.2, 0.25) is 12.2 Å². The van der Waals surface area contributed by atoms with Crippen LogP contribution in [-0.4, -0.2) is 26.6 Å². The third-order valence-corrected chi connectivity index (χ3v) is 2.16. The van der Waals surface area contributed by atoms with E-state index in [2.05, 4.69) is 25.0 Å². The number of rotatable bonds is 5. The van der Waals surface area contributed by atoms with Crippen molar-refractivity contribution in [1.29, 1.82) is 0 Å². The molecule has 0 atom stereocenters. The third kappa shape index (κ3) is 2.70. The van der Waals surface area contributed by atoms with E-state index in [0.717, 1.165) is 0 Å². The molecule has 0 spiro atoms. The second-order valence-corrected chi connectivity index (χ2v) is 3.38. The van der Waals surface area contributed by atoms with Crippen molar-refractivity contribution < 1.29 is 9.45 Å². The van der Waals surface area contributed by atoms with Gasteiger partial charge in [-0.2, -0.15) is 4.98 Å². The lowest BCUT2D eigenvalue weighted by Crippen LogP contribution is -2.08. The predicted octanol–water partition coefficient (Wildman–Crippen LogP) is 0.610. The number of nitrogens with two attached hydrogens (primary N) is 1. The van der Waals surface area contributed by atoms with Crippen LogP contribution >= 0.6 is 0 Å². The Morgan fingerprint density at radius 3 is 2.94 bits per heavy atom. The standard InChI is InChI=1S/C9H10N6O3/c10-9-6(15(16)17)1-2-7(13-9)11-4-3-8-12-5-18-14-8/h1-2,5H,3-4H2,(H3,10,11,13). The van der Waals surface area contributed by atoms with Crippen LogP contribution in [0.4, 0.5) is 17.3 Å². The lowest BCUT2D eigenvalue weighted by Gasteiger charge is -2.04. The van der Waals surface area contributed by atoms with Gasteiger partial charge in [0.1, 0.15) is 5.82 Å². The highest BCUT2D eigenvalue weighted by atomic mass is 16.6. The molecule has 2 rings (SSSR count). The molecule has 0 aliphatic heterocycles. The third-order valence-electron chi connectivity index (χ3n) is 2.16. The van der Waals surface area contributed by atoms with Crippen molar-refractivity contribution in [2.75, 3.05) is 17.6 Å². The van der Waals surface area contributed by atoms with E-state index in [9.17, 15) is 10.1 Å². The Morgan fingerprint density at radius 1 is 1.50 bits per heavy atom. The van der Waals surface area contributed by atoms with E-state index in [1.807, 2.05) is 0 Å². The highest BCUT2D eigenvalue weighted by molar-refractivity contribution is 5.57. The van der Waals surface area contributed by atoms with Gasteiger partial charge in [0.05, 0.1) is 4.92 Å². The summed E-state index contributed by atoms with van der Waals surface area (Å²) in [6, 6.07) is 2.80. The van der Waals surface area contributed by atoms with E-state index in [-0.39, 0.29) is 11.5 Å². The maximum absolute atomic E-state index is 10.5. The zero-order valence-corrected chi connectivity index (χ0v) is 9.24. The molecular formula is C9H10N6O3. The molecule has 0 fully saturated rings. The Bertz CT molecular complexity index is 541. The summed E-state index contributed by atoms with van der Waals surface area (Å²) < 4.78 is 4.58. The molecule has 2 aromatic heterocycles. The molecule has 0 aliphatic rings. The van der Waals surface area contributed by atoms with Crippen LogP contribution in [0.5, 0.6) is 0 Å². The van der Waals surface area contributed by atoms with Crippen molar-refractivity contribution in [2.45, 2.75) is 6.42 Å². The van der Waals surface area contributed by atoms with Crippen molar-refractivity contribution in [3.8, 4) is 0 Å². The summed E-state index contributed by atoms with van der Waals surface area (Å²) >= 11 is 0. The lowest BCUT2D eigenvalue weighted by molar-refractivity contribution is -0.384. The summed E-state index contributed by atoms with van der Waals surface area (Å²) in [5, 5.41) is 17.1. The average Bonchev–Trinajstić information content (AvgIpc) is 2.81. The number of hydrogen-bond donors (Lipinski definition) is 2. The molecule has 0 radical (unpaired) electrons. The molecule has 9 nitrogen and oxygen atoms in total. The Balaban J connectivity index is 1.94. The van der Waals surface area contributed by atoms with E-state index in [4.69, 9.17) is 5.73 Å². The molecule has 3 N–H and O–H groups in total. The van der Waals surface area contributed by atoms with Crippen molar-refractivity contribution in [1.82, 2.24) is 15.1 Å². The summed E-state index contributed by atoms with van der Waals surface area (Å²) in [6.07, 6.45) is 1.80. The maximum Gasteiger partial charge on any atom is 0.311 e. The molecule has 0 saturated heterocycles. The Labute approximate surface area is 101 Å². The van der Waals surface area contributed by atoms with Crippen LogP contribution in [0.2, 0.25) is 0 Å². The molecular weight excluding hydrogens is 240 g/mol. The molecule has 0 amide bonds. The summed E-state index contributed by atoms with van der Waals surface area (Å²) in [5.41, 5.74) is 5.25. The minimum absolute atomic E-state index is 0.121. The van der Waals surface area contributed by atoms with Crippen LogP contribution in [0.25, 0.3) is 0 Å². The lowest BCUT2D eigenvalue weighted by atomic mass is 10.3. The number of nitrogen functional groups attached to an aromatic ring is 1. The van der Waals surface area contributed by atoms with E-state index in [1.165, 1.54) is 18.5 Å². The number of anilines is 2. The van der Waals surface area contributed by atoms with E-state index < -0.39 is 4.92 Å². The van der Waals surface area contributed by atoms with Crippen LogP contribution in [0.1, 0.15) is 5.82 Å². The monoisotopic (exact) mass is 250 g/mol. The second-order valence-electron chi connectivity index (χ2n) is 3.38. The number of nitro groups is 1. The van der Waals surface area contributed by atoms with E-state index in [1.54, 1.807) is 0 Å². The van der Waals surface area contributed by atoms with Crippen LogP contribution in [0, 0.1) is 10.1 Å². The summed E-state index contributed by atoms with van der Waals surface area (Å²) in [6.45, 7) is 0.518. The van der Waals surface area contributed by atoms with Gasteiger partial charge in [-0.05, 0) is 6.07 Å². The first-order valence-corrected chi connectivity index (χ1v) is 5.07. The van der Waals surface area contributed by atoms with Gasteiger partial charge in [0, 0.05) is 19.0 Å². The zero-order valence-electron chi connectivity index (χ0n) is 9.24. The van der Waals surface area contributed by atoms with Gasteiger partial charge in [-0.3, -0.25) is 10.1 Å². The van der Waals surface area contributed by atoms with Gasteiger partial charge >= 0.3 is 5.69 Å². The molecule has 9 heteroatoms. The maximum atomic E-state index is 10.5. The molecule has 0 aromatic carbocycles. The number of pyridine rings is 1. The molecule has 2 aromatic rings. The van der Waals surface area contributed by atoms with Crippen LogP contribution in [-0.2, 0) is 6.42 Å². The van der Waals surface area contributed by atoms with E-state index in [0.29, 0.717) is 24.6 Å². The quantitative estimate of drug-likeness (QED) is 0.582. The highest BCUT2D eigenvalue weighted by Crippen LogP contribution is 2.20. The Kier molecular flexibility index (Phi) is 3.32. The van der Waals surface area contributed by atoms with E-state index >= 15 is 0 Å². The average molecular weight is 250 g/mol. The fraction of sp³-hybridized carbons (Fsp3) is 0.222. The van der Waals surface area contributed by atoms with Crippen LogP contribution in [0.15, 0.2) is 23.0 Å². The van der Waals surface area contributed by atoms with Crippen molar-refractivity contribution in [3.05, 3.63) is 34.5 Å². The Morgan fingerprint density at radius 2 is 2.33 bits per heavy atom. The molecule has 0 aliphatic carbocycles. The normalized spacial score (nSPS) is 10.2. The minimum atomic E-state index is -0.578. The fourth-order valence-electron chi connectivity index (χ4n) is 1.33. The molecule has 0 saturated carbocycles. The first-order valence-electron chi connectivity index (χ1n) is 5.07. The summed E-state index contributed by atoms with van der Waals surface area (Å²) in [5.74, 6) is 0.906. The van der Waals surface area contributed by atoms with Crippen molar-refractivity contribution in [3.63, 3.8) is 0 Å². The van der Waals surface area contributed by atoms with Crippen LogP contribution < -0.4 is 11.1 Å². The Hall–Kier alpha value is -2.71. The first-order chi connectivity index (χ1) is 8.66. The molecule has 0 unspecified atom stereocenters. The molecule has 18 heavy (non-hydrogen) atoms. The number of aromatic nitrogens is 3. The van der Waals surface area contributed by atoms with Crippen molar-refractivity contribution >= 4 is 17.3 Å². The SMILES string of the molecule is Nc1nc(NCCc2ncon2)ccc1[N+](=O)[O-]. The van der Waals surface area contributed by atoms with Gasteiger partial charge in [-0.15, -0.1) is 0 Å². The number of nitrogens with zero attached hydrogens (tertiary/aromatic N) is 4. The summed E-state index contributed by atoms with van der Waals surface area (Å²) in [4.78, 5) is 17.7. The first kappa shape index (κ1) is 11.8. The number of nitrogens with one attached hydrogen (secondary N) is 1. The fourth-order valence-corrected chi connectivity index (χ4v) is 1.33. The molecule has 94 valence electrons. The predicted molar refractivity (Wildman–Crippen MR) is 61.8 cm³/mol. The zero-order chi connectivity index (χ0) is 13.0. The minimum Gasteiger partial charge on any atom is -0.378 e. The van der Waals surface area contributed by atoms with Gasteiger partial charge in [0.25, 0.3) is 0 Å². The molecule has 0 bridgehead atoms. The number of hydrogen-bond acceptors (Lipinski definition) is 8. The largest absolute Gasteiger partial charge is 0.378 e. The van der Waals surface area contributed by atoms with Gasteiger partial charge in [-0.25, -0.2) is 4.98 Å². The van der Waals surface area contributed by atoms with Gasteiger partial charge < -0.3 is 15.6 Å². The second kappa shape index (κ2) is 5.08. The highest BCUT2D eigenvalue weighted by Gasteiger charge is 2.12. The van der Waals surface area contributed by atoms with Crippen molar-refractivity contribution in [2.24, 2.45) is 0 Å². The summed E-state index contributed by atoms with van der Waals surface area (Å²) in [7, 11) is 0. The van der Waals surface area contributed by atoms with Gasteiger partial charge in [0.15, 0.2) is 5.82 Å². The van der Waals surface area contributed by atoms with Gasteiger partial charge in [-0.1, -0.05) is 5.16 Å². The smallest absolute Gasteiger partial charge is 0.311 e.